The molecule has 3 aromatic rings. The van der Waals surface area contributed by atoms with Crippen LogP contribution in [0.1, 0.15) is 6.42 Å². The number of benzene rings is 3. The Kier molecular flexibility index (Phi) is 5.06. The van der Waals surface area contributed by atoms with Gasteiger partial charge < -0.3 is 5.32 Å². The second-order valence-electron chi connectivity index (χ2n) is 5.64. The number of anilines is 1. The van der Waals surface area contributed by atoms with Crippen LogP contribution in [0.25, 0.3) is 10.8 Å². The van der Waals surface area contributed by atoms with Crippen molar-refractivity contribution in [3.05, 3.63) is 71.8 Å². The molecule has 0 fully saturated rings. The summed E-state index contributed by atoms with van der Waals surface area (Å²) in [5.74, 6) is -0.621. The number of hydrogen-bond donors (Lipinski definition) is 1. The standard InChI is InChI=1S/C19H16ClNO3S/c20-16-6-3-7-17(13-16)21-19(22)10-11-25(23,24)18-9-8-14-4-1-2-5-15(14)12-18/h1-9,12-13H,10-11H2,(H,21,22). The molecule has 0 aliphatic carbocycles. The Bertz CT molecular complexity index is 1030. The van der Waals surface area contributed by atoms with Gasteiger partial charge in [-0.15, -0.1) is 0 Å². The third kappa shape index (κ3) is 4.38. The van der Waals surface area contributed by atoms with Gasteiger partial charge in [0, 0.05) is 17.1 Å². The van der Waals surface area contributed by atoms with Crippen LogP contribution in [0, 0.1) is 0 Å². The third-order valence-electron chi connectivity index (χ3n) is 3.79. The summed E-state index contributed by atoms with van der Waals surface area (Å²) < 4.78 is 25.0. The molecule has 3 aromatic carbocycles. The van der Waals surface area contributed by atoms with Gasteiger partial charge in [-0.2, -0.15) is 0 Å². The van der Waals surface area contributed by atoms with E-state index in [-0.39, 0.29) is 23.0 Å². The maximum Gasteiger partial charge on any atom is 0.225 e. The number of amides is 1. The Morgan fingerprint density at radius 3 is 2.44 bits per heavy atom. The number of rotatable bonds is 5. The Balaban J connectivity index is 1.69. The van der Waals surface area contributed by atoms with Crippen molar-refractivity contribution in [3.8, 4) is 0 Å². The van der Waals surface area contributed by atoms with Crippen molar-refractivity contribution in [1.29, 1.82) is 0 Å². The van der Waals surface area contributed by atoms with E-state index in [0.29, 0.717) is 10.7 Å². The molecule has 0 aromatic heterocycles. The van der Waals surface area contributed by atoms with Crippen molar-refractivity contribution >= 4 is 43.8 Å². The molecule has 0 heterocycles. The monoisotopic (exact) mass is 373 g/mol. The molecule has 4 nitrogen and oxygen atoms in total. The molecular formula is C19H16ClNO3S. The molecular weight excluding hydrogens is 358 g/mol. The fraction of sp³-hybridized carbons (Fsp3) is 0.105. The van der Waals surface area contributed by atoms with E-state index in [0.717, 1.165) is 10.8 Å². The first kappa shape index (κ1) is 17.5. The molecule has 0 unspecified atom stereocenters. The highest BCUT2D eigenvalue weighted by molar-refractivity contribution is 7.91. The summed E-state index contributed by atoms with van der Waals surface area (Å²) in [6, 6.07) is 19.2. The number of fused-ring (bicyclic) bond motifs is 1. The van der Waals surface area contributed by atoms with Crippen LogP contribution in [0.15, 0.2) is 71.6 Å². The van der Waals surface area contributed by atoms with E-state index < -0.39 is 9.84 Å². The van der Waals surface area contributed by atoms with Crippen molar-refractivity contribution < 1.29 is 13.2 Å². The van der Waals surface area contributed by atoms with Gasteiger partial charge in [0.15, 0.2) is 9.84 Å². The summed E-state index contributed by atoms with van der Waals surface area (Å²) in [6.07, 6.45) is -0.123. The maximum atomic E-state index is 12.5. The van der Waals surface area contributed by atoms with Crippen LogP contribution in [0.2, 0.25) is 5.02 Å². The van der Waals surface area contributed by atoms with Crippen molar-refractivity contribution in [3.63, 3.8) is 0 Å². The normalized spacial score (nSPS) is 11.4. The lowest BCUT2D eigenvalue weighted by Gasteiger charge is -2.07. The fourth-order valence-electron chi connectivity index (χ4n) is 2.50. The van der Waals surface area contributed by atoms with Gasteiger partial charge >= 0.3 is 0 Å². The molecule has 0 saturated heterocycles. The van der Waals surface area contributed by atoms with Gasteiger partial charge in [0.2, 0.25) is 5.91 Å². The molecule has 0 saturated carbocycles. The minimum atomic E-state index is -3.53. The van der Waals surface area contributed by atoms with Crippen LogP contribution < -0.4 is 5.32 Å². The Morgan fingerprint density at radius 2 is 1.68 bits per heavy atom. The first-order valence-corrected chi connectivity index (χ1v) is 9.74. The van der Waals surface area contributed by atoms with E-state index in [9.17, 15) is 13.2 Å². The average Bonchev–Trinajstić information content (AvgIpc) is 2.60. The summed E-state index contributed by atoms with van der Waals surface area (Å²) in [6.45, 7) is 0. The number of carbonyl (C=O) groups is 1. The molecule has 0 atom stereocenters. The first-order valence-electron chi connectivity index (χ1n) is 7.71. The minimum Gasteiger partial charge on any atom is -0.326 e. The Morgan fingerprint density at radius 1 is 0.920 bits per heavy atom. The van der Waals surface area contributed by atoms with Crippen LogP contribution in [0.4, 0.5) is 5.69 Å². The molecule has 1 N–H and O–H groups in total. The van der Waals surface area contributed by atoms with Gasteiger partial charge in [0.1, 0.15) is 0 Å². The molecule has 3 rings (SSSR count). The molecule has 0 bridgehead atoms. The fourth-order valence-corrected chi connectivity index (χ4v) is 3.96. The lowest BCUT2D eigenvalue weighted by atomic mass is 10.1. The molecule has 25 heavy (non-hydrogen) atoms. The van der Waals surface area contributed by atoms with Gasteiger partial charge in [-0.1, -0.05) is 48.0 Å². The van der Waals surface area contributed by atoms with E-state index in [4.69, 9.17) is 11.6 Å². The SMILES string of the molecule is O=C(CCS(=O)(=O)c1ccc2ccccc2c1)Nc1cccc(Cl)c1. The Labute approximate surface area is 151 Å². The summed E-state index contributed by atoms with van der Waals surface area (Å²) in [7, 11) is -3.53. The predicted molar refractivity (Wildman–Crippen MR) is 101 cm³/mol. The van der Waals surface area contributed by atoms with Crippen molar-refractivity contribution in [1.82, 2.24) is 0 Å². The van der Waals surface area contributed by atoms with E-state index in [1.807, 2.05) is 24.3 Å². The largest absolute Gasteiger partial charge is 0.326 e. The topological polar surface area (TPSA) is 63.2 Å². The van der Waals surface area contributed by atoms with Crippen molar-refractivity contribution in [2.75, 3.05) is 11.1 Å². The number of hydrogen-bond acceptors (Lipinski definition) is 3. The van der Waals surface area contributed by atoms with Crippen LogP contribution >= 0.6 is 11.6 Å². The van der Waals surface area contributed by atoms with Gasteiger partial charge in [-0.05, 0) is 41.1 Å². The van der Waals surface area contributed by atoms with E-state index in [1.165, 1.54) is 0 Å². The molecule has 0 aliphatic rings. The molecule has 6 heteroatoms. The van der Waals surface area contributed by atoms with Gasteiger partial charge in [0.05, 0.1) is 10.6 Å². The van der Waals surface area contributed by atoms with Crippen LogP contribution in [-0.4, -0.2) is 20.1 Å². The van der Waals surface area contributed by atoms with E-state index in [2.05, 4.69) is 5.32 Å². The predicted octanol–water partition coefficient (Wildman–Crippen LogP) is 4.30. The first-order chi connectivity index (χ1) is 11.9. The van der Waals surface area contributed by atoms with Gasteiger partial charge in [-0.25, -0.2) is 8.42 Å². The maximum absolute atomic E-state index is 12.5. The zero-order chi connectivity index (χ0) is 17.9. The van der Waals surface area contributed by atoms with Crippen molar-refractivity contribution in [2.24, 2.45) is 0 Å². The Hall–Kier alpha value is -2.37. The molecule has 0 spiro atoms. The van der Waals surface area contributed by atoms with Gasteiger partial charge in [0.25, 0.3) is 0 Å². The highest BCUT2D eigenvalue weighted by Gasteiger charge is 2.17. The van der Waals surface area contributed by atoms with E-state index in [1.54, 1.807) is 42.5 Å². The smallest absolute Gasteiger partial charge is 0.225 e. The quantitative estimate of drug-likeness (QED) is 0.725. The number of nitrogens with one attached hydrogen (secondary N) is 1. The highest BCUT2D eigenvalue weighted by Crippen LogP contribution is 2.20. The van der Waals surface area contributed by atoms with Crippen molar-refractivity contribution in [2.45, 2.75) is 11.3 Å². The molecule has 0 radical (unpaired) electrons. The number of sulfone groups is 1. The molecule has 0 aliphatic heterocycles. The molecule has 128 valence electrons. The lowest BCUT2D eigenvalue weighted by molar-refractivity contribution is -0.115. The number of carbonyl (C=O) groups excluding carboxylic acids is 1. The summed E-state index contributed by atoms with van der Waals surface area (Å²) in [5.41, 5.74) is 0.542. The lowest BCUT2D eigenvalue weighted by Crippen LogP contribution is -2.17. The van der Waals surface area contributed by atoms with Crippen LogP contribution in [0.3, 0.4) is 0 Å². The van der Waals surface area contributed by atoms with Crippen LogP contribution in [-0.2, 0) is 14.6 Å². The highest BCUT2D eigenvalue weighted by atomic mass is 35.5. The molecule has 1 amide bonds. The minimum absolute atomic E-state index is 0.123. The summed E-state index contributed by atoms with van der Waals surface area (Å²) in [5, 5.41) is 4.98. The zero-order valence-electron chi connectivity index (χ0n) is 13.3. The average molecular weight is 374 g/mol. The zero-order valence-corrected chi connectivity index (χ0v) is 14.8. The number of halogens is 1. The second kappa shape index (κ2) is 7.25. The van der Waals surface area contributed by atoms with Crippen LogP contribution in [0.5, 0.6) is 0 Å². The van der Waals surface area contributed by atoms with Gasteiger partial charge in [-0.3, -0.25) is 4.79 Å². The third-order valence-corrected chi connectivity index (χ3v) is 5.74. The summed E-state index contributed by atoms with van der Waals surface area (Å²) in [4.78, 5) is 12.2. The summed E-state index contributed by atoms with van der Waals surface area (Å²) >= 11 is 5.86. The van der Waals surface area contributed by atoms with E-state index >= 15 is 0 Å². The second-order valence-corrected chi connectivity index (χ2v) is 8.18.